The minimum absolute atomic E-state index is 0.0770. The van der Waals surface area contributed by atoms with Gasteiger partial charge in [0.15, 0.2) is 0 Å². The summed E-state index contributed by atoms with van der Waals surface area (Å²) in [5.41, 5.74) is 3.24. The number of hydrogen-bond donors (Lipinski definition) is 1. The van der Waals surface area contributed by atoms with Crippen molar-refractivity contribution in [3.05, 3.63) is 71.8 Å². The first-order valence-corrected chi connectivity index (χ1v) is 17.9. The molecule has 0 bridgehead atoms. The molecule has 3 fully saturated rings. The molecule has 9 nitrogen and oxygen atoms in total. The lowest BCUT2D eigenvalue weighted by atomic mass is 9.77. The Labute approximate surface area is 275 Å². The number of esters is 1. The Morgan fingerprint density at radius 2 is 1.74 bits per heavy atom. The third-order valence-electron chi connectivity index (χ3n) is 10.5. The third kappa shape index (κ3) is 9.07. The number of rotatable bonds is 14. The maximum Gasteiger partial charge on any atom is 0.306 e. The van der Waals surface area contributed by atoms with Crippen molar-refractivity contribution in [2.45, 2.75) is 123 Å². The number of imidazole rings is 2. The molecule has 9 heteroatoms. The first-order valence-electron chi connectivity index (χ1n) is 17.9. The summed E-state index contributed by atoms with van der Waals surface area (Å²) < 4.78 is 7.45. The van der Waals surface area contributed by atoms with Gasteiger partial charge < -0.3 is 19.2 Å². The number of aromatic amines is 1. The van der Waals surface area contributed by atoms with Crippen molar-refractivity contribution < 1.29 is 9.53 Å². The van der Waals surface area contributed by atoms with Gasteiger partial charge in [0.1, 0.15) is 11.6 Å². The Kier molecular flexibility index (Phi) is 11.2. The summed E-state index contributed by atoms with van der Waals surface area (Å²) >= 11 is 0. The molecule has 6 rings (SSSR count). The molecule has 1 aromatic carbocycles. The van der Waals surface area contributed by atoms with Crippen molar-refractivity contribution in [3.8, 4) is 0 Å². The molecular formula is C37H55N7O2. The molecule has 250 valence electrons. The zero-order valence-corrected chi connectivity index (χ0v) is 28.2. The number of benzene rings is 1. The van der Waals surface area contributed by atoms with Crippen molar-refractivity contribution in [1.29, 1.82) is 0 Å². The van der Waals surface area contributed by atoms with Gasteiger partial charge in [0.05, 0.1) is 19.2 Å². The van der Waals surface area contributed by atoms with Gasteiger partial charge in [0, 0.05) is 63.4 Å². The van der Waals surface area contributed by atoms with Crippen LogP contribution in [-0.4, -0.2) is 78.5 Å². The number of ether oxygens (including phenoxy) is 1. The van der Waals surface area contributed by atoms with Crippen LogP contribution in [0.2, 0.25) is 0 Å². The normalized spacial score (nSPS) is 19.5. The molecule has 1 N–H and O–H groups in total. The van der Waals surface area contributed by atoms with E-state index in [2.05, 4.69) is 58.5 Å². The molecule has 0 unspecified atom stereocenters. The Bertz CT molecular complexity index is 1340. The zero-order chi connectivity index (χ0) is 31.8. The molecule has 0 radical (unpaired) electrons. The molecule has 0 atom stereocenters. The van der Waals surface area contributed by atoms with E-state index in [1.807, 2.05) is 38.6 Å². The maximum atomic E-state index is 12.0. The third-order valence-corrected chi connectivity index (χ3v) is 10.5. The summed E-state index contributed by atoms with van der Waals surface area (Å²) in [6, 6.07) is 10.1. The van der Waals surface area contributed by atoms with Crippen LogP contribution in [0.25, 0.3) is 0 Å². The fraction of sp³-hybridized carbons (Fsp3) is 0.649. The van der Waals surface area contributed by atoms with E-state index in [0.29, 0.717) is 24.9 Å². The van der Waals surface area contributed by atoms with Gasteiger partial charge in [0.2, 0.25) is 0 Å². The first-order chi connectivity index (χ1) is 22.4. The summed E-state index contributed by atoms with van der Waals surface area (Å²) in [4.78, 5) is 32.4. The van der Waals surface area contributed by atoms with Crippen LogP contribution in [0, 0.1) is 5.41 Å². The number of hydrogen-bond acceptors (Lipinski definition) is 7. The fourth-order valence-electron chi connectivity index (χ4n) is 8.02. The van der Waals surface area contributed by atoms with Gasteiger partial charge in [-0.3, -0.25) is 14.6 Å². The predicted molar refractivity (Wildman–Crippen MR) is 181 cm³/mol. The van der Waals surface area contributed by atoms with Crippen molar-refractivity contribution in [3.63, 3.8) is 0 Å². The monoisotopic (exact) mass is 629 g/mol. The number of nitrogens with zero attached hydrogens (tertiary/aromatic N) is 6. The standard InChI is InChI=1S/C37H55N7O2/c1-30(2)46-36(45)9-6-20-44-24-19-40-35(44)28-42(27-34-38-17-18-39-34)26-32-12-10-31(11-13-32)25-41-21-14-37(29-41)15-22-43(23-16-37)33-7-4-3-5-8-33/h10-13,17-19,24,30,33H,3-9,14-16,20-23,25-29H2,1-2H3,(H,38,39). The van der Waals surface area contributed by atoms with E-state index >= 15 is 0 Å². The minimum Gasteiger partial charge on any atom is -0.463 e. The van der Waals surface area contributed by atoms with Crippen LogP contribution >= 0.6 is 0 Å². The molecule has 2 saturated heterocycles. The van der Waals surface area contributed by atoms with Gasteiger partial charge in [-0.05, 0) is 88.5 Å². The Balaban J connectivity index is 1.01. The average Bonchev–Trinajstić information content (AvgIpc) is 3.82. The van der Waals surface area contributed by atoms with E-state index in [1.54, 1.807) is 0 Å². The molecule has 0 amide bonds. The van der Waals surface area contributed by atoms with Crippen LogP contribution in [0.3, 0.4) is 0 Å². The van der Waals surface area contributed by atoms with Crippen LogP contribution in [0.5, 0.6) is 0 Å². The van der Waals surface area contributed by atoms with Crippen LogP contribution in [0.1, 0.15) is 101 Å². The van der Waals surface area contributed by atoms with Crippen LogP contribution in [0.15, 0.2) is 49.1 Å². The highest BCUT2D eigenvalue weighted by atomic mass is 16.5. The van der Waals surface area contributed by atoms with E-state index < -0.39 is 0 Å². The van der Waals surface area contributed by atoms with Crippen molar-refractivity contribution in [1.82, 2.24) is 34.2 Å². The number of aromatic nitrogens is 4. The lowest BCUT2D eigenvalue weighted by molar-refractivity contribution is -0.147. The van der Waals surface area contributed by atoms with E-state index in [9.17, 15) is 4.79 Å². The fourth-order valence-corrected chi connectivity index (χ4v) is 8.02. The van der Waals surface area contributed by atoms with E-state index in [1.165, 1.54) is 88.7 Å². The summed E-state index contributed by atoms with van der Waals surface area (Å²) in [5.74, 6) is 1.80. The van der Waals surface area contributed by atoms with Crippen molar-refractivity contribution in [2.75, 3.05) is 26.2 Å². The molecule has 46 heavy (non-hydrogen) atoms. The molecule has 2 aliphatic heterocycles. The molecule has 1 spiro atoms. The second kappa shape index (κ2) is 15.7. The first kappa shape index (κ1) is 32.9. The van der Waals surface area contributed by atoms with Gasteiger partial charge in [-0.1, -0.05) is 43.5 Å². The highest BCUT2D eigenvalue weighted by Gasteiger charge is 2.41. The second-order valence-corrected chi connectivity index (χ2v) is 14.5. The van der Waals surface area contributed by atoms with Crippen LogP contribution in [0.4, 0.5) is 0 Å². The Morgan fingerprint density at radius 3 is 2.48 bits per heavy atom. The molecule has 1 saturated carbocycles. The molecule has 4 heterocycles. The van der Waals surface area contributed by atoms with Crippen LogP contribution in [-0.2, 0) is 42.3 Å². The van der Waals surface area contributed by atoms with Gasteiger partial charge in [0.25, 0.3) is 0 Å². The summed E-state index contributed by atoms with van der Waals surface area (Å²) in [6.45, 7) is 12.9. The number of nitrogens with one attached hydrogen (secondary N) is 1. The van der Waals surface area contributed by atoms with Gasteiger partial charge >= 0.3 is 5.97 Å². The van der Waals surface area contributed by atoms with Crippen molar-refractivity contribution >= 4 is 5.97 Å². The highest BCUT2D eigenvalue weighted by Crippen LogP contribution is 2.42. The van der Waals surface area contributed by atoms with Crippen molar-refractivity contribution in [2.24, 2.45) is 5.41 Å². The Hall–Kier alpha value is -3.01. The van der Waals surface area contributed by atoms with Gasteiger partial charge in [-0.15, -0.1) is 0 Å². The average molecular weight is 630 g/mol. The Morgan fingerprint density at radius 1 is 0.978 bits per heavy atom. The maximum absolute atomic E-state index is 12.0. The smallest absolute Gasteiger partial charge is 0.306 e. The largest absolute Gasteiger partial charge is 0.463 e. The number of carbonyl (C=O) groups is 1. The summed E-state index contributed by atoms with van der Waals surface area (Å²) in [6.07, 6.45) is 19.9. The zero-order valence-electron chi connectivity index (χ0n) is 28.2. The molecule has 3 aromatic rings. The predicted octanol–water partition coefficient (Wildman–Crippen LogP) is 6.16. The topological polar surface area (TPSA) is 82.5 Å². The second-order valence-electron chi connectivity index (χ2n) is 14.5. The lowest BCUT2D eigenvalue weighted by Crippen LogP contribution is -2.46. The molecule has 2 aromatic heterocycles. The number of H-pyrrole nitrogens is 1. The number of likely N-dealkylation sites (tertiary alicyclic amines) is 2. The van der Waals surface area contributed by atoms with E-state index in [4.69, 9.17) is 4.74 Å². The summed E-state index contributed by atoms with van der Waals surface area (Å²) in [5, 5.41) is 0. The highest BCUT2D eigenvalue weighted by molar-refractivity contribution is 5.69. The quantitative estimate of drug-likeness (QED) is 0.214. The molecular weight excluding hydrogens is 574 g/mol. The minimum atomic E-state index is -0.140. The number of piperidine rings is 1. The van der Waals surface area contributed by atoms with Crippen LogP contribution < -0.4 is 0 Å². The number of aryl methyl sites for hydroxylation is 1. The van der Waals surface area contributed by atoms with Gasteiger partial charge in [-0.2, -0.15) is 0 Å². The lowest BCUT2D eigenvalue weighted by Gasteiger charge is -2.43. The molecule has 1 aliphatic carbocycles. The van der Waals surface area contributed by atoms with E-state index in [0.717, 1.165) is 43.7 Å². The SMILES string of the molecule is CC(C)OC(=O)CCCn1ccnc1CN(Cc1ccc(CN2CCC3(CCN(C4CCCCC4)CC3)C2)cc1)Cc1ncc[nH]1. The summed E-state index contributed by atoms with van der Waals surface area (Å²) in [7, 11) is 0. The van der Waals surface area contributed by atoms with E-state index in [-0.39, 0.29) is 12.1 Å². The number of carbonyl (C=O) groups excluding carboxylic acids is 1. The molecule has 3 aliphatic rings. The van der Waals surface area contributed by atoms with Gasteiger partial charge in [-0.25, -0.2) is 9.97 Å².